The third-order valence-electron chi connectivity index (χ3n) is 4.51. The quantitative estimate of drug-likeness (QED) is 0.699. The van der Waals surface area contributed by atoms with Gasteiger partial charge in [0.15, 0.2) is 0 Å². The summed E-state index contributed by atoms with van der Waals surface area (Å²) < 4.78 is 2.58. The number of benzene rings is 1. The molecule has 94 valence electrons. The lowest BCUT2D eigenvalue weighted by atomic mass is 10.0. The van der Waals surface area contributed by atoms with Crippen LogP contribution in [0.25, 0.3) is 10.9 Å². The third-order valence-corrected chi connectivity index (χ3v) is 4.51. The predicted octanol–water partition coefficient (Wildman–Crippen LogP) is 2.08. The van der Waals surface area contributed by atoms with Crippen molar-refractivity contribution < 1.29 is 0 Å². The monoisotopic (exact) mass is 241 g/mol. The van der Waals surface area contributed by atoms with Crippen molar-refractivity contribution in [3.05, 3.63) is 29.5 Å². The van der Waals surface area contributed by atoms with Crippen molar-refractivity contribution >= 4 is 16.6 Å². The zero-order chi connectivity index (χ0) is 12.3. The molecule has 0 amide bonds. The number of likely N-dealkylation sites (N-methyl/N-ethyl adjacent to an activating group) is 2. The van der Waals surface area contributed by atoms with E-state index in [0.29, 0.717) is 0 Å². The molecule has 2 aliphatic heterocycles. The van der Waals surface area contributed by atoms with Gasteiger partial charge in [0.05, 0.1) is 11.2 Å². The molecule has 0 fully saturated rings. The average Bonchev–Trinajstić information content (AvgIpc) is 2.69. The smallest absolute Gasteiger partial charge is 0.0724 e. The molecule has 0 bridgehead atoms. The Morgan fingerprint density at radius 2 is 1.94 bits per heavy atom. The lowest BCUT2D eigenvalue weighted by Gasteiger charge is -2.29. The first-order chi connectivity index (χ1) is 8.75. The van der Waals surface area contributed by atoms with E-state index in [-0.39, 0.29) is 0 Å². The number of fused-ring (bicyclic) bond motifs is 3. The van der Waals surface area contributed by atoms with Crippen molar-refractivity contribution in [1.29, 1.82) is 0 Å². The molecule has 2 aliphatic rings. The first kappa shape index (κ1) is 10.4. The molecule has 2 aromatic rings. The van der Waals surface area contributed by atoms with Crippen LogP contribution in [-0.2, 0) is 19.5 Å². The molecule has 3 nitrogen and oxygen atoms in total. The van der Waals surface area contributed by atoms with Crippen LogP contribution in [0.15, 0.2) is 18.2 Å². The highest BCUT2D eigenvalue weighted by atomic mass is 15.2. The van der Waals surface area contributed by atoms with Gasteiger partial charge in [-0.2, -0.15) is 0 Å². The zero-order valence-corrected chi connectivity index (χ0v) is 11.1. The van der Waals surface area contributed by atoms with Crippen LogP contribution in [0, 0.1) is 0 Å². The second kappa shape index (κ2) is 3.51. The SMILES string of the molecule is CN1CCc2c(c3cccc4c3n2CCN4C)C1. The topological polar surface area (TPSA) is 11.4 Å². The van der Waals surface area contributed by atoms with Crippen molar-refractivity contribution in [3.8, 4) is 0 Å². The average molecular weight is 241 g/mol. The summed E-state index contributed by atoms with van der Waals surface area (Å²) in [5.41, 5.74) is 6.02. The number of hydrogen-bond donors (Lipinski definition) is 0. The standard InChI is InChI=1S/C15H19N3/c1-16-7-6-13-12(10-16)11-4-3-5-14-15(11)18(13)9-8-17(14)2/h3-5H,6-10H2,1-2H3. The van der Waals surface area contributed by atoms with Crippen molar-refractivity contribution in [2.24, 2.45) is 0 Å². The maximum absolute atomic E-state index is 2.58. The fraction of sp³-hybridized carbons (Fsp3) is 0.467. The van der Waals surface area contributed by atoms with Crippen LogP contribution in [0.1, 0.15) is 11.3 Å². The normalized spacial score (nSPS) is 19.3. The first-order valence-corrected chi connectivity index (χ1v) is 6.78. The minimum absolute atomic E-state index is 1.10. The highest BCUT2D eigenvalue weighted by Gasteiger charge is 2.26. The van der Waals surface area contributed by atoms with Gasteiger partial charge in [-0.25, -0.2) is 0 Å². The van der Waals surface area contributed by atoms with Crippen LogP contribution in [0.3, 0.4) is 0 Å². The van der Waals surface area contributed by atoms with Gasteiger partial charge >= 0.3 is 0 Å². The summed E-state index contributed by atoms with van der Waals surface area (Å²) in [6, 6.07) is 6.76. The molecule has 3 heteroatoms. The van der Waals surface area contributed by atoms with Gasteiger partial charge in [0.2, 0.25) is 0 Å². The van der Waals surface area contributed by atoms with E-state index in [0.717, 1.165) is 19.6 Å². The lowest BCUT2D eigenvalue weighted by molar-refractivity contribution is 0.309. The minimum atomic E-state index is 1.10. The Hall–Kier alpha value is -1.48. The number of aromatic nitrogens is 1. The number of anilines is 1. The fourth-order valence-corrected chi connectivity index (χ4v) is 3.55. The Bertz CT molecular complexity index is 626. The molecule has 0 radical (unpaired) electrons. The largest absolute Gasteiger partial charge is 0.371 e. The maximum atomic E-state index is 2.58. The predicted molar refractivity (Wildman–Crippen MR) is 75.2 cm³/mol. The molecule has 3 heterocycles. The Balaban J connectivity index is 2.08. The third kappa shape index (κ3) is 1.23. The van der Waals surface area contributed by atoms with Gasteiger partial charge < -0.3 is 14.4 Å². The van der Waals surface area contributed by atoms with E-state index in [1.165, 1.54) is 29.6 Å². The van der Waals surface area contributed by atoms with Gasteiger partial charge in [-0.15, -0.1) is 0 Å². The van der Waals surface area contributed by atoms with Crippen molar-refractivity contribution in [1.82, 2.24) is 9.47 Å². The highest BCUT2D eigenvalue weighted by Crippen LogP contribution is 2.37. The molecule has 4 rings (SSSR count). The molecule has 1 aromatic carbocycles. The summed E-state index contributed by atoms with van der Waals surface area (Å²) in [5, 5.41) is 1.47. The summed E-state index contributed by atoms with van der Waals surface area (Å²) >= 11 is 0. The second-order valence-electron chi connectivity index (χ2n) is 5.66. The minimum Gasteiger partial charge on any atom is -0.371 e. The van der Waals surface area contributed by atoms with Gasteiger partial charge in [0, 0.05) is 50.7 Å². The van der Waals surface area contributed by atoms with Gasteiger partial charge in [-0.1, -0.05) is 12.1 Å². The van der Waals surface area contributed by atoms with Crippen molar-refractivity contribution in [3.63, 3.8) is 0 Å². The second-order valence-corrected chi connectivity index (χ2v) is 5.66. The highest BCUT2D eigenvalue weighted by molar-refractivity contribution is 5.96. The number of hydrogen-bond acceptors (Lipinski definition) is 2. The molecule has 0 N–H and O–H groups in total. The van der Waals surface area contributed by atoms with Crippen LogP contribution in [0.5, 0.6) is 0 Å². The van der Waals surface area contributed by atoms with Crippen LogP contribution in [0.2, 0.25) is 0 Å². The summed E-state index contributed by atoms with van der Waals surface area (Å²) in [6.45, 7) is 4.56. The van der Waals surface area contributed by atoms with E-state index < -0.39 is 0 Å². The number of rotatable bonds is 0. The molecular weight excluding hydrogens is 222 g/mol. The van der Waals surface area contributed by atoms with Gasteiger partial charge in [0.25, 0.3) is 0 Å². The van der Waals surface area contributed by atoms with E-state index in [9.17, 15) is 0 Å². The maximum Gasteiger partial charge on any atom is 0.0724 e. The van der Waals surface area contributed by atoms with Gasteiger partial charge in [-0.3, -0.25) is 0 Å². The Morgan fingerprint density at radius 3 is 2.83 bits per heavy atom. The zero-order valence-electron chi connectivity index (χ0n) is 11.1. The molecule has 0 aliphatic carbocycles. The summed E-state index contributed by atoms with van der Waals surface area (Å²) in [5.74, 6) is 0. The van der Waals surface area contributed by atoms with Gasteiger partial charge in [0.1, 0.15) is 0 Å². The van der Waals surface area contributed by atoms with Crippen molar-refractivity contribution in [2.75, 3.05) is 32.1 Å². The summed E-state index contributed by atoms with van der Waals surface area (Å²) in [6.07, 6.45) is 1.20. The fourth-order valence-electron chi connectivity index (χ4n) is 3.55. The summed E-state index contributed by atoms with van der Waals surface area (Å²) in [4.78, 5) is 4.82. The molecule has 1 aromatic heterocycles. The Labute approximate surface area is 108 Å². The molecule has 0 saturated heterocycles. The van der Waals surface area contributed by atoms with E-state index in [1.807, 2.05) is 0 Å². The molecule has 0 unspecified atom stereocenters. The molecule has 0 saturated carbocycles. The van der Waals surface area contributed by atoms with E-state index in [4.69, 9.17) is 0 Å². The van der Waals surface area contributed by atoms with E-state index >= 15 is 0 Å². The number of nitrogens with zero attached hydrogens (tertiary/aromatic N) is 3. The van der Waals surface area contributed by atoms with Crippen LogP contribution >= 0.6 is 0 Å². The van der Waals surface area contributed by atoms with Crippen LogP contribution in [0.4, 0.5) is 5.69 Å². The van der Waals surface area contributed by atoms with Crippen molar-refractivity contribution in [2.45, 2.75) is 19.5 Å². The summed E-state index contributed by atoms with van der Waals surface area (Å²) in [7, 11) is 4.43. The molecule has 0 atom stereocenters. The van der Waals surface area contributed by atoms with E-state index in [2.05, 4.69) is 46.7 Å². The van der Waals surface area contributed by atoms with Crippen LogP contribution in [-0.4, -0.2) is 36.7 Å². The first-order valence-electron chi connectivity index (χ1n) is 6.78. The molecule has 0 spiro atoms. The molecular formula is C15H19N3. The van der Waals surface area contributed by atoms with E-state index in [1.54, 1.807) is 11.3 Å². The van der Waals surface area contributed by atoms with Gasteiger partial charge in [-0.05, 0) is 18.7 Å². The lowest BCUT2D eigenvalue weighted by Crippen LogP contribution is -2.30. The Kier molecular flexibility index (Phi) is 2.04. The Morgan fingerprint density at radius 1 is 1.06 bits per heavy atom. The van der Waals surface area contributed by atoms with Crippen LogP contribution < -0.4 is 4.90 Å². The molecule has 18 heavy (non-hydrogen) atoms. The number of para-hydroxylation sites is 1.